The van der Waals surface area contributed by atoms with E-state index in [-0.39, 0.29) is 5.82 Å². The smallest absolute Gasteiger partial charge is 0.223 e. The molecule has 1 atom stereocenters. The van der Waals surface area contributed by atoms with Crippen LogP contribution in [-0.4, -0.2) is 43.2 Å². The molecule has 2 aromatic heterocycles. The molecule has 0 radical (unpaired) electrons. The van der Waals surface area contributed by atoms with Gasteiger partial charge >= 0.3 is 0 Å². The molecular formula is C19H21FN6. The largest absolute Gasteiger partial charge is 0.299 e. The monoisotopic (exact) mass is 352 g/mol. The summed E-state index contributed by atoms with van der Waals surface area (Å²) >= 11 is 0. The van der Waals surface area contributed by atoms with Crippen LogP contribution in [0.5, 0.6) is 0 Å². The predicted molar refractivity (Wildman–Crippen MR) is 95.4 cm³/mol. The Labute approximate surface area is 151 Å². The summed E-state index contributed by atoms with van der Waals surface area (Å²) in [5.74, 6) is 0.839. The maximum Gasteiger partial charge on any atom is 0.223 e. The van der Waals surface area contributed by atoms with E-state index in [1.54, 1.807) is 23.1 Å². The highest BCUT2D eigenvalue weighted by Gasteiger charge is 2.21. The fourth-order valence-electron chi connectivity index (χ4n) is 3.49. The van der Waals surface area contributed by atoms with Crippen molar-refractivity contribution in [3.8, 4) is 11.5 Å². The van der Waals surface area contributed by atoms with Crippen LogP contribution < -0.4 is 0 Å². The fraction of sp³-hybridized carbons (Fsp3) is 0.368. The molecule has 0 aliphatic carbocycles. The lowest BCUT2D eigenvalue weighted by atomic mass is 9.97. The molecule has 0 spiro atoms. The quantitative estimate of drug-likeness (QED) is 0.707. The van der Waals surface area contributed by atoms with E-state index in [1.165, 1.54) is 6.07 Å². The summed E-state index contributed by atoms with van der Waals surface area (Å²) in [6, 6.07) is 12.5. The zero-order valence-corrected chi connectivity index (χ0v) is 14.5. The van der Waals surface area contributed by atoms with Crippen molar-refractivity contribution in [1.29, 1.82) is 0 Å². The summed E-state index contributed by atoms with van der Waals surface area (Å²) in [7, 11) is 0. The van der Waals surface area contributed by atoms with Gasteiger partial charge in [0.25, 0.3) is 0 Å². The number of likely N-dealkylation sites (tertiary alicyclic amines) is 1. The normalized spacial score (nSPS) is 18.1. The molecule has 134 valence electrons. The van der Waals surface area contributed by atoms with Crippen molar-refractivity contribution in [2.75, 3.05) is 13.1 Å². The number of nitrogens with zero attached hydrogens (tertiary/aromatic N) is 6. The zero-order chi connectivity index (χ0) is 17.8. The molecule has 4 rings (SSSR count). The second-order valence-electron chi connectivity index (χ2n) is 6.76. The standard InChI is InChI=1S/C19H21FN6/c20-17-7-3-5-15(11-17)12-25-10-4-6-16(13-25)14-26-23-19(22-24-26)18-8-1-2-9-21-18/h1-3,5,7-9,11,16H,4,6,10,12-14H2/t16-/m1/s1. The van der Waals surface area contributed by atoms with Gasteiger partial charge in [0.2, 0.25) is 5.82 Å². The van der Waals surface area contributed by atoms with Crippen molar-refractivity contribution < 1.29 is 4.39 Å². The second kappa shape index (κ2) is 7.70. The van der Waals surface area contributed by atoms with Crippen LogP contribution >= 0.6 is 0 Å². The number of hydrogen-bond acceptors (Lipinski definition) is 5. The molecule has 0 N–H and O–H groups in total. The lowest BCUT2D eigenvalue weighted by molar-refractivity contribution is 0.149. The molecule has 1 saturated heterocycles. The van der Waals surface area contributed by atoms with E-state index in [2.05, 4.69) is 25.3 Å². The summed E-state index contributed by atoms with van der Waals surface area (Å²) in [6.07, 6.45) is 3.99. The lowest BCUT2D eigenvalue weighted by Crippen LogP contribution is -2.36. The van der Waals surface area contributed by atoms with Gasteiger partial charge in [-0.3, -0.25) is 9.88 Å². The minimum atomic E-state index is -0.176. The van der Waals surface area contributed by atoms with Crippen LogP contribution in [0.2, 0.25) is 0 Å². The number of hydrogen-bond donors (Lipinski definition) is 0. The zero-order valence-electron chi connectivity index (χ0n) is 14.5. The molecule has 0 unspecified atom stereocenters. The average molecular weight is 352 g/mol. The first-order valence-corrected chi connectivity index (χ1v) is 8.92. The van der Waals surface area contributed by atoms with Crippen molar-refractivity contribution in [2.45, 2.75) is 25.9 Å². The second-order valence-corrected chi connectivity index (χ2v) is 6.76. The molecule has 1 aromatic carbocycles. The van der Waals surface area contributed by atoms with E-state index >= 15 is 0 Å². The predicted octanol–water partition coefficient (Wildman–Crippen LogP) is 2.79. The van der Waals surface area contributed by atoms with Gasteiger partial charge in [0.1, 0.15) is 11.5 Å². The molecule has 1 aliphatic rings. The van der Waals surface area contributed by atoms with Gasteiger partial charge in [0, 0.05) is 19.3 Å². The van der Waals surface area contributed by atoms with E-state index in [1.807, 2.05) is 24.3 Å². The molecule has 26 heavy (non-hydrogen) atoms. The first-order valence-electron chi connectivity index (χ1n) is 8.92. The van der Waals surface area contributed by atoms with Gasteiger partial charge in [0.15, 0.2) is 0 Å². The van der Waals surface area contributed by atoms with Crippen molar-refractivity contribution in [2.24, 2.45) is 5.92 Å². The van der Waals surface area contributed by atoms with E-state index in [0.29, 0.717) is 11.7 Å². The highest BCUT2D eigenvalue weighted by atomic mass is 19.1. The van der Waals surface area contributed by atoms with Crippen molar-refractivity contribution in [3.05, 3.63) is 60.0 Å². The SMILES string of the molecule is Fc1cccc(CN2CCC[C@@H](Cn3nnc(-c4ccccn4)n3)C2)c1. The number of aromatic nitrogens is 5. The lowest BCUT2D eigenvalue weighted by Gasteiger charge is -2.32. The Balaban J connectivity index is 1.37. The van der Waals surface area contributed by atoms with Crippen LogP contribution in [0.1, 0.15) is 18.4 Å². The highest BCUT2D eigenvalue weighted by Crippen LogP contribution is 2.20. The van der Waals surface area contributed by atoms with E-state index in [0.717, 1.165) is 50.3 Å². The van der Waals surface area contributed by atoms with Crippen LogP contribution in [-0.2, 0) is 13.1 Å². The topological polar surface area (TPSA) is 59.7 Å². The Morgan fingerprint density at radius 3 is 2.96 bits per heavy atom. The van der Waals surface area contributed by atoms with E-state index < -0.39 is 0 Å². The molecular weight excluding hydrogens is 331 g/mol. The number of halogens is 1. The van der Waals surface area contributed by atoms with Gasteiger partial charge in [-0.1, -0.05) is 18.2 Å². The van der Waals surface area contributed by atoms with E-state index in [9.17, 15) is 4.39 Å². The third-order valence-electron chi connectivity index (χ3n) is 4.67. The van der Waals surface area contributed by atoms with E-state index in [4.69, 9.17) is 0 Å². The Hall–Kier alpha value is -2.67. The number of tetrazole rings is 1. The Kier molecular flexibility index (Phi) is 4.97. The third-order valence-corrected chi connectivity index (χ3v) is 4.67. The van der Waals surface area contributed by atoms with Gasteiger partial charge in [-0.05, 0) is 60.3 Å². The molecule has 3 heterocycles. The first-order chi connectivity index (χ1) is 12.8. The summed E-state index contributed by atoms with van der Waals surface area (Å²) in [6.45, 7) is 3.51. The van der Waals surface area contributed by atoms with Crippen LogP contribution in [0.15, 0.2) is 48.7 Å². The molecule has 3 aromatic rings. The average Bonchev–Trinajstić information content (AvgIpc) is 3.11. The van der Waals surface area contributed by atoms with Gasteiger partial charge < -0.3 is 0 Å². The number of piperidine rings is 1. The maximum atomic E-state index is 13.4. The molecule has 0 saturated carbocycles. The minimum absolute atomic E-state index is 0.176. The molecule has 7 heteroatoms. The van der Waals surface area contributed by atoms with Gasteiger partial charge in [-0.25, -0.2) is 4.39 Å². The Morgan fingerprint density at radius 2 is 2.12 bits per heavy atom. The first kappa shape index (κ1) is 16.8. The van der Waals surface area contributed by atoms with Gasteiger partial charge in [-0.2, -0.15) is 4.80 Å². The summed E-state index contributed by atoms with van der Waals surface area (Å²) in [5, 5.41) is 12.7. The van der Waals surface area contributed by atoms with Gasteiger partial charge in [-0.15, -0.1) is 10.2 Å². The molecule has 0 bridgehead atoms. The van der Waals surface area contributed by atoms with Crippen molar-refractivity contribution in [1.82, 2.24) is 30.1 Å². The number of benzene rings is 1. The number of pyridine rings is 1. The molecule has 1 aliphatic heterocycles. The van der Waals surface area contributed by atoms with Crippen molar-refractivity contribution >= 4 is 0 Å². The van der Waals surface area contributed by atoms with Crippen LogP contribution in [0.4, 0.5) is 4.39 Å². The molecule has 1 fully saturated rings. The summed E-state index contributed by atoms with van der Waals surface area (Å²) in [5.41, 5.74) is 1.75. The van der Waals surface area contributed by atoms with Crippen LogP contribution in [0.3, 0.4) is 0 Å². The Bertz CT molecular complexity index is 850. The van der Waals surface area contributed by atoms with Crippen LogP contribution in [0, 0.1) is 11.7 Å². The molecule has 0 amide bonds. The Morgan fingerprint density at radius 1 is 1.15 bits per heavy atom. The summed E-state index contributed by atoms with van der Waals surface area (Å²) in [4.78, 5) is 8.30. The van der Waals surface area contributed by atoms with Crippen molar-refractivity contribution in [3.63, 3.8) is 0 Å². The minimum Gasteiger partial charge on any atom is -0.299 e. The number of rotatable bonds is 5. The summed E-state index contributed by atoms with van der Waals surface area (Å²) < 4.78 is 13.4. The maximum absolute atomic E-state index is 13.4. The highest BCUT2D eigenvalue weighted by molar-refractivity contribution is 5.46. The molecule has 6 nitrogen and oxygen atoms in total. The van der Waals surface area contributed by atoms with Crippen LogP contribution in [0.25, 0.3) is 11.5 Å². The van der Waals surface area contributed by atoms with Gasteiger partial charge in [0.05, 0.1) is 6.54 Å². The third kappa shape index (κ3) is 4.11. The fourth-order valence-corrected chi connectivity index (χ4v) is 3.49.